The van der Waals surface area contributed by atoms with Gasteiger partial charge in [-0.15, -0.1) is 0 Å². The van der Waals surface area contributed by atoms with Crippen molar-refractivity contribution in [2.45, 2.75) is 39.7 Å². The molecule has 6 nitrogen and oxygen atoms in total. The number of anilines is 1. The maximum atomic E-state index is 13.2. The smallest absolute Gasteiger partial charge is 0.259 e. The number of nitrogens with zero attached hydrogens (tertiary/aromatic N) is 1. The average molecular weight is 508 g/mol. The highest BCUT2D eigenvalue weighted by Gasteiger charge is 2.20. The van der Waals surface area contributed by atoms with E-state index >= 15 is 0 Å². The van der Waals surface area contributed by atoms with Crippen LogP contribution in [0.5, 0.6) is 5.75 Å². The summed E-state index contributed by atoms with van der Waals surface area (Å²) in [5.41, 5.74) is 6.18. The Kier molecular flexibility index (Phi) is 7.91. The minimum Gasteiger partial charge on any atom is -0.496 e. The summed E-state index contributed by atoms with van der Waals surface area (Å²) < 4.78 is 5.45. The van der Waals surface area contributed by atoms with E-state index in [9.17, 15) is 9.59 Å². The maximum absolute atomic E-state index is 13.2. The third-order valence-corrected chi connectivity index (χ3v) is 6.41. The first kappa shape index (κ1) is 26.6. The van der Waals surface area contributed by atoms with Gasteiger partial charge in [-0.05, 0) is 59.4 Å². The van der Waals surface area contributed by atoms with Crippen LogP contribution in [0.25, 0.3) is 11.1 Å². The van der Waals surface area contributed by atoms with Gasteiger partial charge in [0.1, 0.15) is 5.75 Å². The molecule has 0 aliphatic carbocycles. The Labute approximate surface area is 224 Å². The third kappa shape index (κ3) is 6.27. The lowest BCUT2D eigenvalue weighted by Crippen LogP contribution is -2.22. The predicted molar refractivity (Wildman–Crippen MR) is 152 cm³/mol. The normalized spacial score (nSPS) is 11.1. The van der Waals surface area contributed by atoms with Crippen LogP contribution in [0.2, 0.25) is 0 Å². The van der Waals surface area contributed by atoms with Crippen LogP contribution in [0.1, 0.15) is 58.3 Å². The molecule has 0 spiro atoms. The van der Waals surface area contributed by atoms with Gasteiger partial charge in [-0.25, -0.2) is 0 Å². The molecule has 0 saturated heterocycles. The van der Waals surface area contributed by atoms with Crippen molar-refractivity contribution >= 4 is 17.5 Å². The number of carbonyl (C=O) groups is 2. The Morgan fingerprint density at radius 3 is 2.26 bits per heavy atom. The fourth-order valence-electron chi connectivity index (χ4n) is 4.13. The van der Waals surface area contributed by atoms with Gasteiger partial charge in [0.25, 0.3) is 11.8 Å². The monoisotopic (exact) mass is 507 g/mol. The van der Waals surface area contributed by atoms with Crippen molar-refractivity contribution in [3.05, 3.63) is 113 Å². The van der Waals surface area contributed by atoms with E-state index in [1.165, 1.54) is 0 Å². The van der Waals surface area contributed by atoms with Gasteiger partial charge in [-0.1, -0.05) is 69.3 Å². The lowest BCUT2D eigenvalue weighted by Gasteiger charge is -2.21. The second-order valence-electron chi connectivity index (χ2n) is 10.2. The number of hydrogen-bond donors (Lipinski definition) is 2. The highest BCUT2D eigenvalue weighted by atomic mass is 16.5. The molecular formula is C32H33N3O3. The van der Waals surface area contributed by atoms with Gasteiger partial charge in [0.05, 0.1) is 24.6 Å². The summed E-state index contributed by atoms with van der Waals surface area (Å²) in [7, 11) is 1.56. The van der Waals surface area contributed by atoms with Gasteiger partial charge in [-0.2, -0.15) is 0 Å². The van der Waals surface area contributed by atoms with E-state index in [-0.39, 0.29) is 17.2 Å². The van der Waals surface area contributed by atoms with Crippen molar-refractivity contribution in [3.63, 3.8) is 0 Å². The molecule has 2 amide bonds. The molecule has 194 valence electrons. The summed E-state index contributed by atoms with van der Waals surface area (Å²) in [6.07, 6.45) is 1.64. The van der Waals surface area contributed by atoms with Crippen molar-refractivity contribution in [1.82, 2.24) is 10.3 Å². The molecule has 1 aromatic heterocycles. The number of amides is 2. The molecular weight excluding hydrogens is 474 g/mol. The van der Waals surface area contributed by atoms with E-state index < -0.39 is 0 Å². The molecule has 0 atom stereocenters. The number of aromatic nitrogens is 1. The number of ether oxygens (including phenoxy) is 1. The van der Waals surface area contributed by atoms with Gasteiger partial charge in [0.2, 0.25) is 0 Å². The Morgan fingerprint density at radius 2 is 1.61 bits per heavy atom. The van der Waals surface area contributed by atoms with E-state index in [2.05, 4.69) is 36.4 Å². The Hall–Kier alpha value is -4.45. The zero-order valence-corrected chi connectivity index (χ0v) is 22.5. The SMILES string of the molecule is COc1ccc(C(C)(C)C)cc1C(=O)Nc1cnc(C)c(-c2ccc(C(=O)NCc3ccccc3)cc2)c1. The molecule has 0 bridgehead atoms. The van der Waals surface area contributed by atoms with Crippen molar-refractivity contribution in [2.24, 2.45) is 0 Å². The second kappa shape index (κ2) is 11.3. The molecule has 0 fully saturated rings. The highest BCUT2D eigenvalue weighted by Crippen LogP contribution is 2.30. The van der Waals surface area contributed by atoms with E-state index in [0.717, 1.165) is 27.9 Å². The number of rotatable bonds is 7. The van der Waals surface area contributed by atoms with Crippen LogP contribution in [-0.4, -0.2) is 23.9 Å². The summed E-state index contributed by atoms with van der Waals surface area (Å²) in [6, 6.07) is 24.7. The minimum absolute atomic E-state index is 0.107. The molecule has 38 heavy (non-hydrogen) atoms. The lowest BCUT2D eigenvalue weighted by atomic mass is 9.86. The van der Waals surface area contributed by atoms with Crippen LogP contribution in [-0.2, 0) is 12.0 Å². The molecule has 0 aliphatic rings. The van der Waals surface area contributed by atoms with Crippen molar-refractivity contribution < 1.29 is 14.3 Å². The zero-order valence-electron chi connectivity index (χ0n) is 22.5. The van der Waals surface area contributed by atoms with Gasteiger partial charge in [-0.3, -0.25) is 14.6 Å². The molecule has 2 N–H and O–H groups in total. The first-order chi connectivity index (χ1) is 18.2. The van der Waals surface area contributed by atoms with Gasteiger partial charge in [0, 0.05) is 23.4 Å². The zero-order chi connectivity index (χ0) is 27.3. The van der Waals surface area contributed by atoms with Crippen molar-refractivity contribution in [1.29, 1.82) is 0 Å². The summed E-state index contributed by atoms with van der Waals surface area (Å²) in [5, 5.41) is 5.91. The van der Waals surface area contributed by atoms with Crippen LogP contribution in [0, 0.1) is 6.92 Å². The van der Waals surface area contributed by atoms with Crippen LogP contribution < -0.4 is 15.4 Å². The van der Waals surface area contributed by atoms with E-state index in [1.807, 2.05) is 73.7 Å². The summed E-state index contributed by atoms with van der Waals surface area (Å²) >= 11 is 0. The molecule has 0 radical (unpaired) electrons. The fourth-order valence-corrected chi connectivity index (χ4v) is 4.13. The first-order valence-electron chi connectivity index (χ1n) is 12.5. The Balaban J connectivity index is 1.51. The standard InChI is InChI=1S/C32H33N3O3/c1-21-27(23-11-13-24(14-12-23)30(36)34-19-22-9-7-6-8-10-22)18-26(20-33-21)35-31(37)28-17-25(32(2,3)4)15-16-29(28)38-5/h6-18,20H,19H2,1-5H3,(H,34,36)(H,35,37). The van der Waals surface area contributed by atoms with Crippen molar-refractivity contribution in [3.8, 4) is 16.9 Å². The molecule has 4 rings (SSSR count). The number of nitrogens with one attached hydrogen (secondary N) is 2. The van der Waals surface area contributed by atoms with Crippen molar-refractivity contribution in [2.75, 3.05) is 12.4 Å². The van der Waals surface area contributed by atoms with Gasteiger partial charge >= 0.3 is 0 Å². The molecule has 0 unspecified atom stereocenters. The van der Waals surface area contributed by atoms with E-state index in [0.29, 0.717) is 29.1 Å². The number of benzene rings is 3. The fraction of sp³-hybridized carbons (Fsp3) is 0.219. The second-order valence-corrected chi connectivity index (χ2v) is 10.2. The Bertz CT molecular complexity index is 1440. The van der Waals surface area contributed by atoms with E-state index in [1.54, 1.807) is 25.4 Å². The first-order valence-corrected chi connectivity index (χ1v) is 12.5. The summed E-state index contributed by atoms with van der Waals surface area (Å²) in [4.78, 5) is 30.3. The lowest BCUT2D eigenvalue weighted by molar-refractivity contribution is 0.0950. The predicted octanol–water partition coefficient (Wildman–Crippen LogP) is 6.55. The molecule has 0 saturated carbocycles. The molecule has 6 heteroatoms. The Morgan fingerprint density at radius 1 is 0.895 bits per heavy atom. The third-order valence-electron chi connectivity index (χ3n) is 6.41. The topological polar surface area (TPSA) is 80.3 Å². The van der Waals surface area contributed by atoms with E-state index in [4.69, 9.17) is 4.74 Å². The number of hydrogen-bond acceptors (Lipinski definition) is 4. The number of aryl methyl sites for hydroxylation is 1. The molecule has 1 heterocycles. The number of methoxy groups -OCH3 is 1. The van der Waals surface area contributed by atoms with Crippen LogP contribution in [0.15, 0.2) is 85.1 Å². The highest BCUT2D eigenvalue weighted by molar-refractivity contribution is 6.06. The number of carbonyl (C=O) groups excluding carboxylic acids is 2. The summed E-state index contributed by atoms with van der Waals surface area (Å²) in [6.45, 7) is 8.69. The van der Waals surface area contributed by atoms with Gasteiger partial charge < -0.3 is 15.4 Å². The van der Waals surface area contributed by atoms with Crippen LogP contribution in [0.3, 0.4) is 0 Å². The molecule has 0 aliphatic heterocycles. The molecule has 4 aromatic rings. The number of pyridine rings is 1. The average Bonchev–Trinajstić information content (AvgIpc) is 2.92. The molecule has 3 aromatic carbocycles. The quantitative estimate of drug-likeness (QED) is 0.297. The van der Waals surface area contributed by atoms with Gasteiger partial charge in [0.15, 0.2) is 0 Å². The summed E-state index contributed by atoms with van der Waals surface area (Å²) in [5.74, 6) is 0.106. The largest absolute Gasteiger partial charge is 0.496 e. The maximum Gasteiger partial charge on any atom is 0.259 e. The van der Waals surface area contributed by atoms with Crippen LogP contribution >= 0.6 is 0 Å². The van der Waals surface area contributed by atoms with Crippen LogP contribution in [0.4, 0.5) is 5.69 Å². The minimum atomic E-state index is -0.269.